The highest BCUT2D eigenvalue weighted by Crippen LogP contribution is 2.53. The monoisotopic (exact) mass is 292 g/mol. The van der Waals surface area contributed by atoms with Gasteiger partial charge in [0, 0.05) is 18.3 Å². The molecule has 3 heterocycles. The van der Waals surface area contributed by atoms with Crippen LogP contribution in [0.25, 0.3) is 0 Å². The van der Waals surface area contributed by atoms with E-state index in [1.807, 2.05) is 0 Å². The van der Waals surface area contributed by atoms with E-state index in [4.69, 9.17) is 14.0 Å². The van der Waals surface area contributed by atoms with Gasteiger partial charge in [-0.15, -0.1) is 0 Å². The van der Waals surface area contributed by atoms with Crippen LogP contribution in [-0.2, 0) is 19.9 Å². The minimum Gasteiger partial charge on any atom is -0.465 e. The molecule has 4 fully saturated rings. The third-order valence-electron chi connectivity index (χ3n) is 5.13. The maximum Gasteiger partial charge on any atom is 0.302 e. The van der Waals surface area contributed by atoms with E-state index in [0.29, 0.717) is 25.0 Å². The van der Waals surface area contributed by atoms with Gasteiger partial charge in [0.1, 0.15) is 5.60 Å². The van der Waals surface area contributed by atoms with Crippen LogP contribution >= 0.6 is 0 Å². The zero-order chi connectivity index (χ0) is 14.5. The van der Waals surface area contributed by atoms with E-state index in [1.54, 1.807) is 0 Å². The van der Waals surface area contributed by atoms with Gasteiger partial charge in [-0.3, -0.25) is 4.79 Å². The molecule has 2 bridgehead atoms. The molecule has 5 rings (SSSR count). The highest BCUT2D eigenvalue weighted by molar-refractivity contribution is 5.65. The number of aromatic nitrogens is 2. The maximum absolute atomic E-state index is 11.0. The smallest absolute Gasteiger partial charge is 0.302 e. The number of hydrogen-bond acceptors (Lipinski definition) is 6. The molecule has 6 nitrogen and oxygen atoms in total. The first-order valence-electron chi connectivity index (χ1n) is 7.72. The maximum atomic E-state index is 11.0. The number of hydrogen-bond donors (Lipinski definition) is 0. The van der Waals surface area contributed by atoms with E-state index in [2.05, 4.69) is 10.1 Å². The van der Waals surface area contributed by atoms with E-state index in [9.17, 15) is 4.79 Å². The van der Waals surface area contributed by atoms with Gasteiger partial charge >= 0.3 is 5.97 Å². The number of nitrogens with zero attached hydrogens (tertiary/aromatic N) is 2. The molecular weight excluding hydrogens is 272 g/mol. The van der Waals surface area contributed by atoms with Gasteiger partial charge in [-0.25, -0.2) is 0 Å². The first-order chi connectivity index (χ1) is 10.1. The summed E-state index contributed by atoms with van der Waals surface area (Å²) in [6.45, 7) is 2.50. The van der Waals surface area contributed by atoms with Crippen molar-refractivity contribution in [1.29, 1.82) is 0 Å². The SMILES string of the molecule is CC(=O)OCC12CCC(c3nc(C4CC4)no3)(CC1)OC2. The largest absolute Gasteiger partial charge is 0.465 e. The molecule has 0 radical (unpaired) electrons. The zero-order valence-corrected chi connectivity index (χ0v) is 12.3. The Bertz CT molecular complexity index is 539. The van der Waals surface area contributed by atoms with Gasteiger partial charge in [0.2, 0.25) is 0 Å². The van der Waals surface area contributed by atoms with Crippen LogP contribution in [0.3, 0.4) is 0 Å². The highest BCUT2D eigenvalue weighted by atomic mass is 16.5. The molecule has 21 heavy (non-hydrogen) atoms. The number of carbonyl (C=O) groups excluding carboxylic acids is 1. The summed E-state index contributed by atoms with van der Waals surface area (Å²) in [5.41, 5.74) is -0.426. The Balaban J connectivity index is 1.48. The van der Waals surface area contributed by atoms with Crippen molar-refractivity contribution >= 4 is 5.97 Å². The molecule has 1 aromatic heterocycles. The summed E-state index contributed by atoms with van der Waals surface area (Å²) in [6.07, 6.45) is 6.00. The lowest BCUT2D eigenvalue weighted by Crippen LogP contribution is -2.51. The fourth-order valence-corrected chi connectivity index (χ4v) is 3.41. The summed E-state index contributed by atoms with van der Waals surface area (Å²) in [4.78, 5) is 15.6. The molecule has 2 saturated heterocycles. The number of ether oxygens (including phenoxy) is 2. The predicted molar refractivity (Wildman–Crippen MR) is 71.4 cm³/mol. The highest BCUT2D eigenvalue weighted by Gasteiger charge is 2.54. The second-order valence-corrected chi connectivity index (χ2v) is 6.80. The van der Waals surface area contributed by atoms with Crippen LogP contribution in [0, 0.1) is 5.41 Å². The predicted octanol–water partition coefficient (Wildman–Crippen LogP) is 2.30. The third-order valence-corrected chi connectivity index (χ3v) is 5.13. The van der Waals surface area contributed by atoms with E-state index in [0.717, 1.165) is 31.5 Å². The molecular formula is C15H20N2O4. The lowest BCUT2D eigenvalue weighted by molar-refractivity contribution is -0.214. The van der Waals surface area contributed by atoms with Gasteiger partial charge in [0.25, 0.3) is 5.89 Å². The minimum absolute atomic E-state index is 0.0211. The molecule has 0 spiro atoms. The second-order valence-electron chi connectivity index (χ2n) is 6.80. The van der Waals surface area contributed by atoms with E-state index < -0.39 is 5.60 Å². The number of rotatable bonds is 4. The molecule has 0 unspecified atom stereocenters. The van der Waals surface area contributed by atoms with Gasteiger partial charge in [0.05, 0.1) is 13.2 Å². The zero-order valence-electron chi connectivity index (χ0n) is 12.3. The van der Waals surface area contributed by atoms with Crippen molar-refractivity contribution in [3.05, 3.63) is 11.7 Å². The van der Waals surface area contributed by atoms with Crippen molar-refractivity contribution in [2.24, 2.45) is 5.41 Å². The van der Waals surface area contributed by atoms with Crippen LogP contribution in [0.1, 0.15) is 63.1 Å². The average Bonchev–Trinajstić information content (AvgIpc) is 3.24. The Morgan fingerprint density at radius 3 is 2.67 bits per heavy atom. The lowest BCUT2D eigenvalue weighted by Gasteiger charge is -2.50. The van der Waals surface area contributed by atoms with Crippen molar-refractivity contribution < 1.29 is 18.8 Å². The molecule has 6 heteroatoms. The summed E-state index contributed by atoms with van der Waals surface area (Å²) in [7, 11) is 0. The van der Waals surface area contributed by atoms with Crippen LogP contribution in [0.4, 0.5) is 0 Å². The second kappa shape index (κ2) is 4.53. The molecule has 2 aliphatic heterocycles. The van der Waals surface area contributed by atoms with E-state index in [-0.39, 0.29) is 11.4 Å². The average molecular weight is 292 g/mol. The van der Waals surface area contributed by atoms with Crippen molar-refractivity contribution in [1.82, 2.24) is 10.1 Å². The summed E-state index contributed by atoms with van der Waals surface area (Å²) < 4.78 is 16.8. The molecule has 1 aromatic rings. The summed E-state index contributed by atoms with van der Waals surface area (Å²) in [6, 6.07) is 0. The molecule has 2 saturated carbocycles. The number of esters is 1. The summed E-state index contributed by atoms with van der Waals surface area (Å²) in [5.74, 6) is 1.75. The quantitative estimate of drug-likeness (QED) is 0.793. The number of carbonyl (C=O) groups is 1. The van der Waals surface area contributed by atoms with Crippen LogP contribution in [0.15, 0.2) is 4.52 Å². The Morgan fingerprint density at radius 1 is 1.33 bits per heavy atom. The Morgan fingerprint density at radius 2 is 2.10 bits per heavy atom. The van der Waals surface area contributed by atoms with Gasteiger partial charge in [-0.1, -0.05) is 5.16 Å². The van der Waals surface area contributed by atoms with Gasteiger partial charge in [-0.2, -0.15) is 4.98 Å². The van der Waals surface area contributed by atoms with Crippen molar-refractivity contribution in [3.63, 3.8) is 0 Å². The molecule has 0 atom stereocenters. The Hall–Kier alpha value is -1.43. The van der Waals surface area contributed by atoms with Crippen molar-refractivity contribution in [2.75, 3.05) is 13.2 Å². The minimum atomic E-state index is -0.405. The lowest BCUT2D eigenvalue weighted by atomic mass is 9.66. The van der Waals surface area contributed by atoms with Crippen LogP contribution < -0.4 is 0 Å². The van der Waals surface area contributed by atoms with Crippen molar-refractivity contribution in [2.45, 2.75) is 57.0 Å². The van der Waals surface area contributed by atoms with Crippen molar-refractivity contribution in [3.8, 4) is 0 Å². The van der Waals surface area contributed by atoms with E-state index in [1.165, 1.54) is 19.8 Å². The molecule has 4 aliphatic rings. The van der Waals surface area contributed by atoms with E-state index >= 15 is 0 Å². The molecule has 0 N–H and O–H groups in total. The Kier molecular flexibility index (Phi) is 2.86. The standard InChI is InChI=1S/C15H20N2O4/c1-10(18)19-8-14-4-6-15(7-5-14,20-9-14)13-16-12(17-21-13)11-2-3-11/h11H,2-9H2,1H3. The van der Waals surface area contributed by atoms with Crippen LogP contribution in [-0.4, -0.2) is 29.3 Å². The summed E-state index contributed by atoms with van der Waals surface area (Å²) >= 11 is 0. The normalized spacial score (nSPS) is 34.9. The summed E-state index contributed by atoms with van der Waals surface area (Å²) in [5, 5.41) is 4.11. The topological polar surface area (TPSA) is 74.5 Å². The van der Waals surface area contributed by atoms with Gasteiger partial charge < -0.3 is 14.0 Å². The first kappa shape index (κ1) is 13.2. The Labute approximate surface area is 123 Å². The molecule has 0 aromatic carbocycles. The van der Waals surface area contributed by atoms with Gasteiger partial charge in [-0.05, 0) is 38.5 Å². The molecule has 0 amide bonds. The molecule has 114 valence electrons. The first-order valence-corrected chi connectivity index (χ1v) is 7.72. The fraction of sp³-hybridized carbons (Fsp3) is 0.800. The van der Waals surface area contributed by atoms with Gasteiger partial charge in [0.15, 0.2) is 5.82 Å². The van der Waals surface area contributed by atoms with Crippen LogP contribution in [0.5, 0.6) is 0 Å². The number of fused-ring (bicyclic) bond motifs is 3. The molecule has 2 aliphatic carbocycles. The van der Waals surface area contributed by atoms with Crippen LogP contribution in [0.2, 0.25) is 0 Å². The third kappa shape index (κ3) is 2.25. The fourth-order valence-electron chi connectivity index (χ4n) is 3.41.